The lowest BCUT2D eigenvalue weighted by Gasteiger charge is -2.38. The maximum atomic E-state index is 6.22. The van der Waals surface area contributed by atoms with E-state index in [-0.39, 0.29) is 10.9 Å². The number of morpholine rings is 1. The van der Waals surface area contributed by atoms with Crippen LogP contribution < -0.4 is 4.90 Å². The van der Waals surface area contributed by atoms with Crippen LogP contribution in [-0.4, -0.2) is 41.8 Å². The predicted octanol–water partition coefficient (Wildman–Crippen LogP) is 6.06. The van der Waals surface area contributed by atoms with Crippen LogP contribution in [0.4, 0.5) is 5.82 Å². The average Bonchev–Trinajstić information content (AvgIpc) is 2.91. The molecule has 34 heavy (non-hydrogen) atoms. The van der Waals surface area contributed by atoms with E-state index in [4.69, 9.17) is 16.3 Å². The molecule has 1 atom stereocenters. The van der Waals surface area contributed by atoms with Crippen LogP contribution in [0.15, 0.2) is 103 Å². The molecule has 0 amide bonds. The zero-order valence-corrected chi connectivity index (χ0v) is 20.3. The second-order valence-corrected chi connectivity index (χ2v) is 9.86. The van der Waals surface area contributed by atoms with Gasteiger partial charge in [-0.05, 0) is 28.8 Å². The number of hydrogen-bond donors (Lipinski definition) is 0. The molecule has 5 rings (SSSR count). The lowest BCUT2D eigenvalue weighted by Crippen LogP contribution is -2.44. The molecule has 4 nitrogen and oxygen atoms in total. The summed E-state index contributed by atoms with van der Waals surface area (Å²) in [5.74, 6) is 1.67. The topological polar surface area (TPSA) is 38.2 Å². The Morgan fingerprint density at radius 3 is 1.85 bits per heavy atom. The van der Waals surface area contributed by atoms with Crippen molar-refractivity contribution in [2.75, 3.05) is 30.3 Å². The Morgan fingerprint density at radius 1 is 0.794 bits per heavy atom. The van der Waals surface area contributed by atoms with Crippen molar-refractivity contribution >= 4 is 29.2 Å². The van der Waals surface area contributed by atoms with E-state index in [1.807, 2.05) is 17.8 Å². The smallest absolute Gasteiger partial charge is 0.151 e. The van der Waals surface area contributed by atoms with Crippen molar-refractivity contribution in [3.05, 3.63) is 125 Å². The maximum Gasteiger partial charge on any atom is 0.151 e. The molecule has 3 aromatic carbocycles. The van der Waals surface area contributed by atoms with Crippen molar-refractivity contribution in [2.45, 2.75) is 10.9 Å². The Hall–Kier alpha value is -2.86. The lowest BCUT2D eigenvalue weighted by molar-refractivity contribution is 0.0559. The van der Waals surface area contributed by atoms with E-state index in [2.05, 4.69) is 106 Å². The molecule has 6 heteroatoms. The number of hydrogen-bond acceptors (Lipinski definition) is 5. The van der Waals surface area contributed by atoms with Crippen molar-refractivity contribution in [1.29, 1.82) is 0 Å². The fourth-order valence-electron chi connectivity index (χ4n) is 4.49. The van der Waals surface area contributed by atoms with Crippen molar-refractivity contribution in [3.8, 4) is 0 Å². The van der Waals surface area contributed by atoms with Gasteiger partial charge in [0.15, 0.2) is 11.0 Å². The molecule has 1 aliphatic heterocycles. The molecule has 0 unspecified atom stereocenters. The van der Waals surface area contributed by atoms with Crippen molar-refractivity contribution < 1.29 is 4.74 Å². The zero-order chi connectivity index (χ0) is 23.2. The molecule has 2 heterocycles. The van der Waals surface area contributed by atoms with Gasteiger partial charge in [-0.3, -0.25) is 0 Å². The monoisotopic (exact) mass is 487 g/mol. The zero-order valence-electron chi connectivity index (χ0n) is 18.8. The van der Waals surface area contributed by atoms with E-state index >= 15 is 0 Å². The Labute approximate surface area is 209 Å². The second kappa shape index (κ2) is 10.6. The summed E-state index contributed by atoms with van der Waals surface area (Å²) in [6.45, 7) is 2.21. The van der Waals surface area contributed by atoms with Crippen molar-refractivity contribution in [2.24, 2.45) is 0 Å². The highest BCUT2D eigenvalue weighted by Gasteiger charge is 2.38. The third kappa shape index (κ3) is 4.83. The van der Waals surface area contributed by atoms with Crippen LogP contribution in [0, 0.1) is 0 Å². The number of ether oxygens (including phenoxy) is 1. The normalized spacial score (nSPS) is 16.4. The highest BCUT2D eigenvalue weighted by molar-refractivity contribution is 8.00. The molecule has 0 radical (unpaired) electrons. The molecule has 0 saturated carbocycles. The fraction of sp³-hybridized carbons (Fsp3) is 0.214. The van der Waals surface area contributed by atoms with Gasteiger partial charge in [0.2, 0.25) is 0 Å². The molecular formula is C28H26ClN3OS. The molecule has 0 aliphatic carbocycles. The van der Waals surface area contributed by atoms with Crippen molar-refractivity contribution in [3.63, 3.8) is 0 Å². The quantitative estimate of drug-likeness (QED) is 0.296. The van der Waals surface area contributed by atoms with E-state index in [9.17, 15) is 0 Å². The first-order valence-electron chi connectivity index (χ1n) is 11.4. The third-order valence-corrected chi connectivity index (χ3v) is 7.99. The Morgan fingerprint density at radius 2 is 1.35 bits per heavy atom. The minimum atomic E-state index is -0.352. The number of aromatic nitrogens is 2. The van der Waals surface area contributed by atoms with Gasteiger partial charge in [0.25, 0.3) is 0 Å². The van der Waals surface area contributed by atoms with Crippen LogP contribution in [0.5, 0.6) is 0 Å². The molecule has 4 aromatic rings. The van der Waals surface area contributed by atoms with E-state index in [1.54, 1.807) is 6.07 Å². The largest absolute Gasteiger partial charge is 0.374 e. The first-order valence-corrected chi connectivity index (χ1v) is 12.8. The summed E-state index contributed by atoms with van der Waals surface area (Å²) in [4.78, 5) is 2.23. The van der Waals surface area contributed by atoms with E-state index < -0.39 is 0 Å². The summed E-state index contributed by atoms with van der Waals surface area (Å²) in [5, 5.41) is 8.69. The minimum Gasteiger partial charge on any atom is -0.374 e. The van der Waals surface area contributed by atoms with Gasteiger partial charge < -0.3 is 9.64 Å². The highest BCUT2D eigenvalue weighted by atomic mass is 35.5. The van der Waals surface area contributed by atoms with Crippen LogP contribution in [0.2, 0.25) is 5.15 Å². The molecule has 0 N–H and O–H groups in total. The van der Waals surface area contributed by atoms with Gasteiger partial charge in [-0.15, -0.1) is 22.0 Å². The van der Waals surface area contributed by atoms with Crippen LogP contribution >= 0.6 is 23.4 Å². The van der Waals surface area contributed by atoms with E-state index in [0.29, 0.717) is 11.8 Å². The lowest BCUT2D eigenvalue weighted by atomic mass is 9.84. The predicted molar refractivity (Wildman–Crippen MR) is 141 cm³/mol. The minimum absolute atomic E-state index is 0.0618. The summed E-state index contributed by atoms with van der Waals surface area (Å²) in [6, 6.07) is 36.0. The summed E-state index contributed by atoms with van der Waals surface area (Å²) in [5.41, 5.74) is 3.77. The van der Waals surface area contributed by atoms with Gasteiger partial charge in [0.05, 0.1) is 17.5 Å². The van der Waals surface area contributed by atoms with Crippen LogP contribution in [0.3, 0.4) is 0 Å². The third-order valence-electron chi connectivity index (χ3n) is 6.11. The Kier molecular flexibility index (Phi) is 7.14. The first-order chi connectivity index (χ1) is 16.8. The standard InChI is InChI=1S/C28H26ClN3OS/c29-26-16-17-27(31-30-26)32-18-19-33-25(20-32)21-34-28(22-10-4-1-5-11-22,23-12-6-2-7-13-23)24-14-8-3-9-15-24/h1-17,25H,18-21H2/t25-/m0/s1. The molecule has 1 aliphatic rings. The van der Waals surface area contributed by atoms with Crippen LogP contribution in [-0.2, 0) is 9.48 Å². The van der Waals surface area contributed by atoms with Crippen molar-refractivity contribution in [1.82, 2.24) is 10.2 Å². The molecular weight excluding hydrogens is 462 g/mol. The van der Waals surface area contributed by atoms with Gasteiger partial charge in [0, 0.05) is 18.8 Å². The van der Waals surface area contributed by atoms with Gasteiger partial charge >= 0.3 is 0 Å². The maximum absolute atomic E-state index is 6.22. The second-order valence-electron chi connectivity index (χ2n) is 8.24. The van der Waals surface area contributed by atoms with Gasteiger partial charge in [-0.1, -0.05) is 103 Å². The number of anilines is 1. The molecule has 0 spiro atoms. The number of benzene rings is 3. The van der Waals surface area contributed by atoms with E-state index in [0.717, 1.165) is 24.7 Å². The molecule has 1 saturated heterocycles. The number of halogens is 1. The Balaban J connectivity index is 1.47. The van der Waals surface area contributed by atoms with Gasteiger partial charge in [-0.25, -0.2) is 0 Å². The fourth-order valence-corrected chi connectivity index (χ4v) is 6.14. The molecule has 1 aromatic heterocycles. The number of thioether (sulfide) groups is 1. The molecule has 0 bridgehead atoms. The Bertz CT molecular complexity index is 1080. The number of nitrogens with zero attached hydrogens (tertiary/aromatic N) is 3. The summed E-state index contributed by atoms with van der Waals surface area (Å²) in [6.07, 6.45) is 0.0618. The summed E-state index contributed by atoms with van der Waals surface area (Å²) in [7, 11) is 0. The van der Waals surface area contributed by atoms with Gasteiger partial charge in [-0.2, -0.15) is 0 Å². The highest BCUT2D eigenvalue weighted by Crippen LogP contribution is 2.48. The van der Waals surface area contributed by atoms with E-state index in [1.165, 1.54) is 16.7 Å². The summed E-state index contributed by atoms with van der Waals surface area (Å²) < 4.78 is 5.87. The van der Waals surface area contributed by atoms with Crippen LogP contribution in [0.1, 0.15) is 16.7 Å². The average molecular weight is 488 g/mol. The first kappa shape index (κ1) is 22.9. The SMILES string of the molecule is Clc1ccc(N2CCO[C@H](CSC(c3ccccc3)(c3ccccc3)c3ccccc3)C2)nn1. The van der Waals surface area contributed by atoms with Crippen LogP contribution in [0.25, 0.3) is 0 Å². The number of rotatable bonds is 7. The van der Waals surface area contributed by atoms with Gasteiger partial charge in [0.1, 0.15) is 0 Å². The molecule has 172 valence electrons. The molecule has 1 fully saturated rings. The summed E-state index contributed by atoms with van der Waals surface area (Å²) >= 11 is 7.86.